The van der Waals surface area contributed by atoms with Crippen molar-refractivity contribution in [1.82, 2.24) is 5.32 Å². The highest BCUT2D eigenvalue weighted by Crippen LogP contribution is 2.34. The summed E-state index contributed by atoms with van der Waals surface area (Å²) in [5, 5.41) is 7.43. The lowest BCUT2D eigenvalue weighted by molar-refractivity contribution is -0.137. The monoisotopic (exact) mass is 432 g/mol. The molecule has 1 atom stereocenters. The molecule has 2 aromatic rings. The number of para-hydroxylation sites is 2. The maximum atomic E-state index is 13.0. The van der Waals surface area contributed by atoms with Crippen molar-refractivity contribution in [3.05, 3.63) is 59.7 Å². The van der Waals surface area contributed by atoms with Gasteiger partial charge in [-0.2, -0.15) is 18.2 Å². The summed E-state index contributed by atoms with van der Waals surface area (Å²) >= 11 is 0. The first-order valence-electron chi connectivity index (χ1n) is 9.15. The minimum Gasteiger partial charge on any atom is -0.369 e. The number of halogens is 3. The van der Waals surface area contributed by atoms with E-state index in [-0.39, 0.29) is 11.9 Å². The lowest BCUT2D eigenvalue weighted by Gasteiger charge is -2.13. The molecule has 0 fully saturated rings. The van der Waals surface area contributed by atoms with Crippen LogP contribution in [-0.4, -0.2) is 29.8 Å². The molecule has 1 unspecified atom stereocenters. The van der Waals surface area contributed by atoms with E-state index in [2.05, 4.69) is 25.9 Å². The summed E-state index contributed by atoms with van der Waals surface area (Å²) in [7, 11) is 0. The maximum absolute atomic E-state index is 13.0. The Kier molecular flexibility index (Phi) is 6.23. The summed E-state index contributed by atoms with van der Waals surface area (Å²) in [5.41, 5.74) is 6.09. The lowest BCUT2D eigenvalue weighted by Crippen LogP contribution is -2.32. The zero-order valence-electron chi connectivity index (χ0n) is 16.3. The third-order valence-corrected chi connectivity index (χ3v) is 4.34. The predicted molar refractivity (Wildman–Crippen MR) is 110 cm³/mol. The Morgan fingerprint density at radius 1 is 1.13 bits per heavy atom. The third kappa shape index (κ3) is 5.59. The number of nitrogens with zero attached hydrogens (tertiary/aromatic N) is 2. The molecule has 11 heteroatoms. The Balaban J connectivity index is 1.66. The Labute approximate surface area is 175 Å². The molecule has 8 nitrogen and oxygen atoms in total. The van der Waals surface area contributed by atoms with Gasteiger partial charge in [0.15, 0.2) is 0 Å². The van der Waals surface area contributed by atoms with E-state index < -0.39 is 41.7 Å². The molecule has 1 heterocycles. The number of anilines is 2. The van der Waals surface area contributed by atoms with Gasteiger partial charge in [0.2, 0.25) is 17.8 Å². The van der Waals surface area contributed by atoms with E-state index in [0.717, 1.165) is 17.7 Å². The molecule has 0 spiro atoms. The third-order valence-electron chi connectivity index (χ3n) is 4.34. The molecule has 1 aliphatic rings. The molecule has 0 aromatic heterocycles. The molecule has 3 rings (SSSR count). The number of carbonyl (C=O) groups is 2. The molecule has 31 heavy (non-hydrogen) atoms. The molecular weight excluding hydrogens is 413 g/mol. The number of hydrogen-bond acceptors (Lipinski definition) is 4. The Hall–Kier alpha value is -3.89. The zero-order valence-corrected chi connectivity index (χ0v) is 16.3. The first-order chi connectivity index (χ1) is 14.6. The van der Waals surface area contributed by atoms with E-state index in [1.54, 1.807) is 6.07 Å². The van der Waals surface area contributed by atoms with Gasteiger partial charge in [0.1, 0.15) is 6.04 Å². The van der Waals surface area contributed by atoms with Crippen molar-refractivity contribution in [3.63, 3.8) is 0 Å². The van der Waals surface area contributed by atoms with Crippen molar-refractivity contribution in [2.75, 3.05) is 10.6 Å². The number of hydrogen-bond donors (Lipinski definition) is 4. The number of benzene rings is 2. The van der Waals surface area contributed by atoms with Crippen LogP contribution in [0.3, 0.4) is 0 Å². The van der Waals surface area contributed by atoms with Gasteiger partial charge in [-0.15, -0.1) is 0 Å². The van der Waals surface area contributed by atoms with Gasteiger partial charge < -0.3 is 16.4 Å². The number of nitrogens with one attached hydrogen (secondary N) is 3. The molecule has 1 aliphatic heterocycles. The van der Waals surface area contributed by atoms with Crippen molar-refractivity contribution in [1.29, 1.82) is 0 Å². The summed E-state index contributed by atoms with van der Waals surface area (Å²) in [4.78, 5) is 32.2. The average Bonchev–Trinajstić information content (AvgIpc) is 3.01. The van der Waals surface area contributed by atoms with Crippen molar-refractivity contribution < 1.29 is 22.8 Å². The van der Waals surface area contributed by atoms with Crippen molar-refractivity contribution in [2.45, 2.75) is 25.6 Å². The van der Waals surface area contributed by atoms with Gasteiger partial charge in [-0.3, -0.25) is 14.9 Å². The van der Waals surface area contributed by atoms with Crippen LogP contribution in [0.1, 0.15) is 17.5 Å². The number of aliphatic imine (C=N–C) groups is 2. The van der Waals surface area contributed by atoms with E-state index in [9.17, 15) is 22.8 Å². The fourth-order valence-electron chi connectivity index (χ4n) is 2.84. The molecule has 0 aliphatic carbocycles. The van der Waals surface area contributed by atoms with Crippen molar-refractivity contribution in [3.8, 4) is 0 Å². The number of rotatable bonds is 4. The lowest BCUT2D eigenvalue weighted by atomic mass is 10.1. The van der Waals surface area contributed by atoms with Crippen LogP contribution in [0.15, 0.2) is 58.5 Å². The SMILES string of the molecule is Cc1ccccc1N/C(N)=N/C1=NC(CC(=O)Nc2ccccc2C(F)(F)F)C(=O)N1. The second-order valence-electron chi connectivity index (χ2n) is 6.69. The number of guanidine groups is 2. The quantitative estimate of drug-likeness (QED) is 0.438. The van der Waals surface area contributed by atoms with Crippen LogP contribution in [0, 0.1) is 6.92 Å². The van der Waals surface area contributed by atoms with Crippen LogP contribution in [0.5, 0.6) is 0 Å². The molecule has 2 amide bonds. The zero-order chi connectivity index (χ0) is 22.6. The minimum absolute atomic E-state index is 0.0300. The van der Waals surface area contributed by atoms with Gasteiger partial charge in [0.05, 0.1) is 17.7 Å². The Morgan fingerprint density at radius 2 is 1.77 bits per heavy atom. The maximum Gasteiger partial charge on any atom is 0.418 e. The van der Waals surface area contributed by atoms with Crippen molar-refractivity contribution in [2.24, 2.45) is 15.7 Å². The second-order valence-corrected chi connectivity index (χ2v) is 6.69. The highest BCUT2D eigenvalue weighted by atomic mass is 19.4. The van der Waals surface area contributed by atoms with Crippen LogP contribution >= 0.6 is 0 Å². The summed E-state index contributed by atoms with van der Waals surface area (Å²) in [6.45, 7) is 1.87. The van der Waals surface area contributed by atoms with Gasteiger partial charge in [-0.05, 0) is 30.7 Å². The molecule has 2 aromatic carbocycles. The molecule has 0 saturated carbocycles. The van der Waals surface area contributed by atoms with Gasteiger partial charge in [0.25, 0.3) is 5.91 Å². The number of aryl methyl sites for hydroxylation is 1. The highest BCUT2D eigenvalue weighted by molar-refractivity contribution is 6.11. The van der Waals surface area contributed by atoms with Crippen LogP contribution in [0.4, 0.5) is 24.5 Å². The minimum atomic E-state index is -4.63. The fraction of sp³-hybridized carbons (Fsp3) is 0.200. The Morgan fingerprint density at radius 3 is 2.45 bits per heavy atom. The van der Waals surface area contributed by atoms with Crippen LogP contribution < -0.4 is 21.7 Å². The summed E-state index contributed by atoms with van der Waals surface area (Å²) in [6, 6.07) is 10.8. The first-order valence-corrected chi connectivity index (χ1v) is 9.15. The number of nitrogens with two attached hydrogens (primary N) is 1. The van der Waals surface area contributed by atoms with Crippen LogP contribution in [0.25, 0.3) is 0 Å². The summed E-state index contributed by atoms with van der Waals surface area (Å²) in [6.07, 6.45) is -5.08. The Bertz CT molecular complexity index is 1060. The average molecular weight is 432 g/mol. The van der Waals surface area contributed by atoms with Crippen LogP contribution in [-0.2, 0) is 15.8 Å². The van der Waals surface area contributed by atoms with Gasteiger partial charge in [0, 0.05) is 5.69 Å². The molecule has 0 radical (unpaired) electrons. The van der Waals surface area contributed by atoms with Gasteiger partial charge >= 0.3 is 6.18 Å². The predicted octanol–water partition coefficient (Wildman–Crippen LogP) is 2.62. The molecule has 162 valence electrons. The van der Waals surface area contributed by atoms with Crippen molar-refractivity contribution >= 4 is 35.1 Å². The first kappa shape index (κ1) is 21.8. The summed E-state index contributed by atoms with van der Waals surface area (Å²) < 4.78 is 39.1. The number of alkyl halides is 3. The van der Waals surface area contributed by atoms with E-state index in [0.29, 0.717) is 5.69 Å². The number of carbonyl (C=O) groups excluding carboxylic acids is 2. The molecule has 0 saturated heterocycles. The van der Waals surface area contributed by atoms with Gasteiger partial charge in [-0.1, -0.05) is 30.3 Å². The standard InChI is InChI=1S/C20H19F3N6O2/c1-11-6-2-4-8-13(11)26-18(24)29-19-27-15(17(31)28-19)10-16(30)25-14-9-5-3-7-12(14)20(21,22)23/h2-9,15H,10H2,1H3,(H,25,30)(H4,24,26,27,28,29,31). The van der Waals surface area contributed by atoms with E-state index >= 15 is 0 Å². The smallest absolute Gasteiger partial charge is 0.369 e. The largest absolute Gasteiger partial charge is 0.418 e. The molecular formula is C20H19F3N6O2. The molecule has 0 bridgehead atoms. The number of amides is 2. The normalized spacial score (nSPS) is 16.5. The van der Waals surface area contributed by atoms with Gasteiger partial charge in [-0.25, -0.2) is 4.99 Å². The fourth-order valence-corrected chi connectivity index (χ4v) is 2.84. The highest BCUT2D eigenvalue weighted by Gasteiger charge is 2.34. The van der Waals surface area contributed by atoms with E-state index in [1.807, 2.05) is 25.1 Å². The summed E-state index contributed by atoms with van der Waals surface area (Å²) in [5.74, 6) is -1.53. The molecule has 5 N–H and O–H groups in total. The van der Waals surface area contributed by atoms with E-state index in [1.165, 1.54) is 12.1 Å². The van der Waals surface area contributed by atoms with E-state index in [4.69, 9.17) is 5.73 Å². The topological polar surface area (TPSA) is 121 Å². The second kappa shape index (κ2) is 8.86. The van der Waals surface area contributed by atoms with Crippen LogP contribution in [0.2, 0.25) is 0 Å².